The van der Waals surface area contributed by atoms with Gasteiger partial charge in [-0.15, -0.1) is 0 Å². The lowest BCUT2D eigenvalue weighted by atomic mass is 9.82. The lowest BCUT2D eigenvalue weighted by molar-refractivity contribution is 0.243. The first-order chi connectivity index (χ1) is 25.1. The molecule has 0 aromatic heterocycles. The molecule has 4 aromatic carbocycles. The van der Waals surface area contributed by atoms with E-state index in [4.69, 9.17) is 0 Å². The van der Waals surface area contributed by atoms with Crippen LogP contribution in [0.25, 0.3) is 0 Å². The summed E-state index contributed by atoms with van der Waals surface area (Å²) in [5.41, 5.74) is 6.01. The Hall–Kier alpha value is -3.28. The zero-order chi connectivity index (χ0) is 37.1. The third-order valence-corrected chi connectivity index (χ3v) is 10.5. The highest BCUT2D eigenvalue weighted by Gasteiger charge is 2.24. The summed E-state index contributed by atoms with van der Waals surface area (Å²) in [7, 11) is 0. The Kier molecular flexibility index (Phi) is 17.6. The molecule has 0 radical (unpaired) electrons. The first-order valence-corrected chi connectivity index (χ1v) is 20.2. The summed E-state index contributed by atoms with van der Waals surface area (Å²) < 4.78 is 0. The molecule has 1 atom stereocenters. The summed E-state index contributed by atoms with van der Waals surface area (Å²) in [5, 5.41) is 14.8. The van der Waals surface area contributed by atoms with Gasteiger partial charge in [0.15, 0.2) is 0 Å². The molecular weight excluding hydrogens is 633 g/mol. The van der Waals surface area contributed by atoms with Crippen LogP contribution in [0.4, 0.5) is 0 Å². The van der Waals surface area contributed by atoms with Crippen molar-refractivity contribution in [3.05, 3.63) is 144 Å². The van der Waals surface area contributed by atoms with E-state index >= 15 is 0 Å². The molecule has 282 valence electrons. The number of hydrogen-bond acceptors (Lipinski definition) is 4. The summed E-state index contributed by atoms with van der Waals surface area (Å²) in [6.45, 7) is 19.8. The van der Waals surface area contributed by atoms with Crippen LogP contribution in [0.2, 0.25) is 0 Å². The zero-order valence-corrected chi connectivity index (χ0v) is 33.3. The minimum absolute atomic E-state index is 0.165. The van der Waals surface area contributed by atoms with Gasteiger partial charge in [0.1, 0.15) is 0 Å². The van der Waals surface area contributed by atoms with Crippen molar-refractivity contribution >= 4 is 0 Å². The summed E-state index contributed by atoms with van der Waals surface area (Å²) in [6, 6.07) is 43.9. The Labute approximate surface area is 318 Å². The minimum atomic E-state index is 0.165. The van der Waals surface area contributed by atoms with Gasteiger partial charge in [0, 0.05) is 62.7 Å². The lowest BCUT2D eigenvalue weighted by Gasteiger charge is -2.33. The summed E-state index contributed by atoms with van der Waals surface area (Å²) in [5.74, 6) is 1.68. The molecule has 1 saturated carbocycles. The highest BCUT2D eigenvalue weighted by atomic mass is 15.0. The molecular formula is C48H70N4. The SMILES string of the molecule is CC(C)(C)CC(C)(C)NCCNCC(c1ccccc1)c1ccccc1.C[C@H](NCCNCC(c1ccccc1)c1ccccc1)C1CCCCC1. The largest absolute Gasteiger partial charge is 0.315 e. The molecule has 1 aliphatic rings. The molecule has 4 heteroatoms. The van der Waals surface area contributed by atoms with Crippen LogP contribution in [0.15, 0.2) is 121 Å². The Balaban J connectivity index is 0.000000233. The van der Waals surface area contributed by atoms with Crippen molar-refractivity contribution in [3.8, 4) is 0 Å². The van der Waals surface area contributed by atoms with E-state index in [0.717, 1.165) is 51.6 Å². The first kappa shape index (κ1) is 41.5. The van der Waals surface area contributed by atoms with Gasteiger partial charge in [-0.25, -0.2) is 0 Å². The second kappa shape index (κ2) is 22.1. The van der Waals surface area contributed by atoms with Crippen molar-refractivity contribution in [1.29, 1.82) is 0 Å². The van der Waals surface area contributed by atoms with Crippen molar-refractivity contribution < 1.29 is 0 Å². The third-order valence-electron chi connectivity index (χ3n) is 10.5. The average Bonchev–Trinajstić information content (AvgIpc) is 3.15. The van der Waals surface area contributed by atoms with Gasteiger partial charge in [-0.1, -0.05) is 161 Å². The second-order valence-corrected chi connectivity index (χ2v) is 16.8. The molecule has 1 aliphatic carbocycles. The average molecular weight is 703 g/mol. The highest BCUT2D eigenvalue weighted by molar-refractivity contribution is 5.34. The molecule has 0 aliphatic heterocycles. The Morgan fingerprint density at radius 2 is 0.904 bits per heavy atom. The smallest absolute Gasteiger partial charge is 0.0214 e. The fourth-order valence-corrected chi connectivity index (χ4v) is 8.16. The van der Waals surface area contributed by atoms with Crippen molar-refractivity contribution in [2.24, 2.45) is 11.3 Å². The fraction of sp³-hybridized carbons (Fsp3) is 0.500. The molecule has 4 aromatic rings. The van der Waals surface area contributed by atoms with Crippen LogP contribution in [0, 0.1) is 11.3 Å². The molecule has 0 heterocycles. The third kappa shape index (κ3) is 15.4. The molecule has 0 amide bonds. The zero-order valence-electron chi connectivity index (χ0n) is 33.3. The molecule has 0 bridgehead atoms. The van der Waals surface area contributed by atoms with Gasteiger partial charge in [0.2, 0.25) is 0 Å². The van der Waals surface area contributed by atoms with Crippen LogP contribution in [-0.2, 0) is 0 Å². The Morgan fingerprint density at radius 1 is 0.519 bits per heavy atom. The quantitative estimate of drug-likeness (QED) is 0.0780. The maximum absolute atomic E-state index is 3.74. The molecule has 1 fully saturated rings. The Bertz CT molecular complexity index is 1380. The predicted octanol–water partition coefficient (Wildman–Crippen LogP) is 10.2. The van der Waals surface area contributed by atoms with Gasteiger partial charge in [-0.05, 0) is 73.6 Å². The van der Waals surface area contributed by atoms with E-state index in [9.17, 15) is 0 Å². The van der Waals surface area contributed by atoms with Crippen molar-refractivity contribution in [2.75, 3.05) is 39.3 Å². The minimum Gasteiger partial charge on any atom is -0.315 e. The van der Waals surface area contributed by atoms with Crippen LogP contribution in [0.5, 0.6) is 0 Å². The molecule has 5 rings (SSSR count). The van der Waals surface area contributed by atoms with Crippen molar-refractivity contribution in [2.45, 2.75) is 103 Å². The molecule has 4 nitrogen and oxygen atoms in total. The molecule has 0 unspecified atom stereocenters. The highest BCUT2D eigenvalue weighted by Crippen LogP contribution is 2.28. The summed E-state index contributed by atoms with van der Waals surface area (Å²) in [4.78, 5) is 0. The van der Waals surface area contributed by atoms with Gasteiger partial charge in [0.25, 0.3) is 0 Å². The number of hydrogen-bond donors (Lipinski definition) is 4. The van der Waals surface area contributed by atoms with Crippen LogP contribution in [-0.4, -0.2) is 50.8 Å². The van der Waals surface area contributed by atoms with E-state index in [1.807, 2.05) is 0 Å². The van der Waals surface area contributed by atoms with Crippen LogP contribution < -0.4 is 21.3 Å². The molecule has 0 saturated heterocycles. The standard InChI is InChI=1S/C24H34N2.C24H36N2/c1-20(21-11-5-2-6-12-21)26-18-17-25-19-24(22-13-7-3-8-14-22)23-15-9-4-10-16-23;1-23(2,3)19-24(4,5)26-17-16-25-18-22(20-12-8-6-9-13-20)21-14-10-7-11-15-21/h3-4,7-10,13-16,20-21,24-26H,2,5-6,11-12,17-19H2,1H3;6-15,22,25-26H,16-19H2,1-5H3/t20-;/m0./s1. The monoisotopic (exact) mass is 703 g/mol. The van der Waals surface area contributed by atoms with Crippen LogP contribution in [0.1, 0.15) is 114 Å². The Morgan fingerprint density at radius 3 is 1.29 bits per heavy atom. The molecule has 0 spiro atoms. The lowest BCUT2D eigenvalue weighted by Crippen LogP contribution is -2.45. The van der Waals surface area contributed by atoms with E-state index in [2.05, 4.69) is 184 Å². The van der Waals surface area contributed by atoms with Gasteiger partial charge < -0.3 is 21.3 Å². The van der Waals surface area contributed by atoms with Gasteiger partial charge in [0.05, 0.1) is 0 Å². The summed E-state index contributed by atoms with van der Waals surface area (Å²) in [6.07, 6.45) is 8.26. The van der Waals surface area contributed by atoms with Gasteiger partial charge in [-0.3, -0.25) is 0 Å². The number of benzene rings is 4. The second-order valence-electron chi connectivity index (χ2n) is 16.8. The van der Waals surface area contributed by atoms with E-state index in [1.165, 1.54) is 54.4 Å². The van der Waals surface area contributed by atoms with Gasteiger partial charge in [-0.2, -0.15) is 0 Å². The topological polar surface area (TPSA) is 48.1 Å². The van der Waals surface area contributed by atoms with Crippen LogP contribution in [0.3, 0.4) is 0 Å². The fourth-order valence-electron chi connectivity index (χ4n) is 8.16. The molecule has 4 N–H and O–H groups in total. The van der Waals surface area contributed by atoms with Crippen molar-refractivity contribution in [1.82, 2.24) is 21.3 Å². The maximum atomic E-state index is 3.74. The number of nitrogens with one attached hydrogen (secondary N) is 4. The van der Waals surface area contributed by atoms with Crippen LogP contribution >= 0.6 is 0 Å². The maximum Gasteiger partial charge on any atom is 0.0214 e. The van der Waals surface area contributed by atoms with E-state index in [0.29, 0.717) is 23.3 Å². The van der Waals surface area contributed by atoms with E-state index in [-0.39, 0.29) is 5.54 Å². The normalized spacial score (nSPS) is 14.6. The predicted molar refractivity (Wildman–Crippen MR) is 225 cm³/mol. The van der Waals surface area contributed by atoms with Gasteiger partial charge >= 0.3 is 0 Å². The summed E-state index contributed by atoms with van der Waals surface area (Å²) >= 11 is 0. The molecule has 52 heavy (non-hydrogen) atoms. The van der Waals surface area contributed by atoms with E-state index in [1.54, 1.807) is 0 Å². The first-order valence-electron chi connectivity index (χ1n) is 20.2. The van der Waals surface area contributed by atoms with E-state index < -0.39 is 0 Å². The van der Waals surface area contributed by atoms with Crippen molar-refractivity contribution in [3.63, 3.8) is 0 Å². The number of rotatable bonds is 18.